The molecule has 3 heterocycles. The second-order valence-electron chi connectivity index (χ2n) is 12.2. The van der Waals surface area contributed by atoms with Gasteiger partial charge in [0.2, 0.25) is 0 Å². The zero-order valence-corrected chi connectivity index (χ0v) is 28.3. The number of hydrogen-bond donors (Lipinski definition) is 0. The van der Waals surface area contributed by atoms with Gasteiger partial charge < -0.3 is 47.1 Å². The number of esters is 4. The van der Waals surface area contributed by atoms with Crippen molar-refractivity contribution in [2.45, 2.75) is 128 Å². The quantitative estimate of drug-likeness (QED) is 0.126. The molecule has 0 bridgehead atoms. The third kappa shape index (κ3) is 10.4. The lowest BCUT2D eigenvalue weighted by Gasteiger charge is -2.43. The molecule has 0 amide bonds. The first-order chi connectivity index (χ1) is 20.9. The molecular formula is C28H44N2O14Si. The van der Waals surface area contributed by atoms with Gasteiger partial charge in [0.25, 0.3) is 0 Å². The largest absolute Gasteiger partial charge is 0.457 e. The Morgan fingerprint density at radius 2 is 1.38 bits per heavy atom. The van der Waals surface area contributed by atoms with Crippen LogP contribution in [0.1, 0.15) is 41.5 Å². The Bertz CT molecular complexity index is 1150. The molecule has 0 aliphatic carbocycles. The summed E-state index contributed by atoms with van der Waals surface area (Å²) in [5.74, 6) is -3.56. The Morgan fingerprint density at radius 1 is 0.822 bits per heavy atom. The number of aliphatic imine (C=N–C) groups is 2. The van der Waals surface area contributed by atoms with Crippen molar-refractivity contribution < 1.29 is 66.2 Å². The van der Waals surface area contributed by atoms with Crippen molar-refractivity contribution in [1.82, 2.24) is 0 Å². The summed E-state index contributed by atoms with van der Waals surface area (Å²) in [7, 11) is -0.717. The van der Waals surface area contributed by atoms with Crippen LogP contribution in [0.25, 0.3) is 0 Å². The molecule has 0 spiro atoms. The van der Waals surface area contributed by atoms with E-state index in [1.807, 2.05) is 19.6 Å². The van der Waals surface area contributed by atoms with Gasteiger partial charge in [-0.25, -0.2) is 9.98 Å². The monoisotopic (exact) mass is 660 g/mol. The van der Waals surface area contributed by atoms with Gasteiger partial charge in [0.15, 0.2) is 57.2 Å². The van der Waals surface area contributed by atoms with Gasteiger partial charge in [-0.05, 0) is 33.5 Å². The Morgan fingerprint density at radius 3 is 1.93 bits per heavy atom. The molecule has 17 heteroatoms. The van der Waals surface area contributed by atoms with Crippen LogP contribution in [0.3, 0.4) is 0 Å². The lowest BCUT2D eigenvalue weighted by Crippen LogP contribution is -2.62. The Balaban J connectivity index is 1.89. The third-order valence-electron chi connectivity index (χ3n) is 6.69. The van der Waals surface area contributed by atoms with Crippen molar-refractivity contribution in [3.63, 3.8) is 0 Å². The van der Waals surface area contributed by atoms with Gasteiger partial charge in [-0.1, -0.05) is 0 Å². The van der Waals surface area contributed by atoms with E-state index in [2.05, 4.69) is 16.0 Å². The molecule has 0 aromatic carbocycles. The lowest BCUT2D eigenvalue weighted by atomic mass is 9.97. The van der Waals surface area contributed by atoms with Gasteiger partial charge in [0.05, 0.1) is 19.2 Å². The molecule has 0 N–H and O–H groups in total. The number of rotatable bonds is 12. The van der Waals surface area contributed by atoms with E-state index in [-0.39, 0.29) is 13.2 Å². The fourth-order valence-electron chi connectivity index (χ4n) is 5.12. The number of nitrogens with zero attached hydrogens (tertiary/aromatic N) is 2. The van der Waals surface area contributed by atoms with E-state index < -0.39 is 99.3 Å². The maximum absolute atomic E-state index is 12.0. The smallest absolute Gasteiger partial charge is 0.303 e. The van der Waals surface area contributed by atoms with E-state index in [0.29, 0.717) is 0 Å². The summed E-state index contributed by atoms with van der Waals surface area (Å²) in [6, 6.07) is 1.90. The highest BCUT2D eigenvalue weighted by Crippen LogP contribution is 2.40. The van der Waals surface area contributed by atoms with Crippen LogP contribution in [-0.4, -0.2) is 126 Å². The molecule has 16 nitrogen and oxygen atoms in total. The van der Waals surface area contributed by atoms with Gasteiger partial charge in [-0.2, -0.15) is 0 Å². The average molecular weight is 661 g/mol. The number of ether oxygens (including phenoxy) is 9. The number of methoxy groups -OCH3 is 1. The molecule has 3 saturated heterocycles. The summed E-state index contributed by atoms with van der Waals surface area (Å²) in [6.45, 7) is 14.2. The normalized spacial score (nSPS) is 32.8. The first-order valence-electron chi connectivity index (χ1n) is 14.5. The fourth-order valence-corrected chi connectivity index (χ4v) is 5.79. The molecule has 3 fully saturated rings. The minimum absolute atomic E-state index is 0.101. The molecule has 0 saturated carbocycles. The van der Waals surface area contributed by atoms with Crippen LogP contribution < -0.4 is 0 Å². The first kappa shape index (κ1) is 36.7. The van der Waals surface area contributed by atoms with Crippen LogP contribution in [0.15, 0.2) is 9.98 Å². The molecule has 3 rings (SSSR count). The van der Waals surface area contributed by atoms with E-state index in [1.165, 1.54) is 27.9 Å². The van der Waals surface area contributed by atoms with E-state index in [1.54, 1.807) is 13.8 Å². The lowest BCUT2D eigenvalue weighted by molar-refractivity contribution is -0.296. The molecular weight excluding hydrogens is 616 g/mol. The van der Waals surface area contributed by atoms with Gasteiger partial charge in [0, 0.05) is 34.8 Å². The van der Waals surface area contributed by atoms with Crippen molar-refractivity contribution in [1.29, 1.82) is 0 Å². The molecule has 0 aromatic rings. The van der Waals surface area contributed by atoms with Crippen molar-refractivity contribution in [2.75, 3.05) is 20.3 Å². The van der Waals surface area contributed by atoms with Gasteiger partial charge >= 0.3 is 23.9 Å². The highest BCUT2D eigenvalue weighted by Gasteiger charge is 2.58. The van der Waals surface area contributed by atoms with Crippen LogP contribution in [0, 0.1) is 0 Å². The van der Waals surface area contributed by atoms with E-state index in [4.69, 9.17) is 47.1 Å². The number of carbonyl (C=O) groups excluding carboxylic acids is 4. The number of hydrogen-bond acceptors (Lipinski definition) is 16. The minimum Gasteiger partial charge on any atom is -0.457 e. The molecule has 0 radical (unpaired) electrons. The van der Waals surface area contributed by atoms with Gasteiger partial charge in [-0.3, -0.25) is 19.2 Å². The molecule has 3 aliphatic heterocycles. The zero-order valence-electron chi connectivity index (χ0n) is 27.3. The molecule has 0 unspecified atom stereocenters. The van der Waals surface area contributed by atoms with Crippen LogP contribution in [0.2, 0.25) is 19.6 Å². The van der Waals surface area contributed by atoms with Crippen molar-refractivity contribution >= 4 is 38.2 Å². The Hall–Kier alpha value is -2.76. The zero-order chi connectivity index (χ0) is 33.7. The van der Waals surface area contributed by atoms with Crippen LogP contribution in [0.4, 0.5) is 0 Å². The predicted octanol–water partition coefficient (Wildman–Crippen LogP) is 1.35. The first-order valence-corrected chi connectivity index (χ1v) is 17.9. The highest BCUT2D eigenvalue weighted by molar-refractivity contribution is 6.69. The van der Waals surface area contributed by atoms with Crippen LogP contribution in [0.5, 0.6) is 0 Å². The summed E-state index contributed by atoms with van der Waals surface area (Å²) in [5.41, 5.74) is 0. The van der Waals surface area contributed by atoms with Gasteiger partial charge in [0.1, 0.15) is 18.2 Å². The summed E-state index contributed by atoms with van der Waals surface area (Å²) in [4.78, 5) is 56.5. The van der Waals surface area contributed by atoms with Gasteiger partial charge in [-0.15, -0.1) is 0 Å². The van der Waals surface area contributed by atoms with Crippen molar-refractivity contribution in [3.05, 3.63) is 0 Å². The standard InChI is InChI=1S/C28H44N2O14Si/c1-14(31)37-21-19(41-26(35-7)24(40-17(4)34)23(21)39-16(3)33)11-29-13-30-18(12-36-45(8,9)10)20-22(38-15(2)32)25-27(42-20)44-28(5,6)43-25/h18-27H,11-12H2,1-10H3/t18-,19-,20-,21-,22+,23+,24-,25-,26+,27-/m1/s1. The second-order valence-corrected chi connectivity index (χ2v) is 16.7. The molecule has 254 valence electrons. The van der Waals surface area contributed by atoms with Crippen LogP contribution >= 0.6 is 0 Å². The maximum Gasteiger partial charge on any atom is 0.303 e. The van der Waals surface area contributed by atoms with E-state index in [0.717, 1.165) is 6.92 Å². The SMILES string of the molecule is CO[C@H]1O[C@H](CN=C=N[C@H](CO[Si](C)(C)C)[C@H]2O[C@@H]3OC(C)(C)O[C@@H]3[C@H]2OC(C)=O)[C@@H](OC(C)=O)[C@H](OC(C)=O)[C@H]1OC(C)=O. The summed E-state index contributed by atoms with van der Waals surface area (Å²) < 4.78 is 57.2. The number of carbonyl (C=O) groups is 4. The number of fused-ring (bicyclic) bond motifs is 1. The summed E-state index contributed by atoms with van der Waals surface area (Å²) in [5, 5.41) is 0. The van der Waals surface area contributed by atoms with Crippen LogP contribution in [-0.2, 0) is 66.2 Å². The third-order valence-corrected chi connectivity index (χ3v) is 7.72. The summed E-state index contributed by atoms with van der Waals surface area (Å²) in [6.07, 6.45) is -9.06. The van der Waals surface area contributed by atoms with E-state index >= 15 is 0 Å². The average Bonchev–Trinajstić information content (AvgIpc) is 3.36. The van der Waals surface area contributed by atoms with E-state index in [9.17, 15) is 19.2 Å². The minimum atomic E-state index is -2.03. The maximum atomic E-state index is 12.0. The summed E-state index contributed by atoms with van der Waals surface area (Å²) >= 11 is 0. The fraction of sp³-hybridized carbons (Fsp3) is 0.821. The topological polar surface area (TPSA) is 185 Å². The predicted molar refractivity (Wildman–Crippen MR) is 154 cm³/mol. The highest BCUT2D eigenvalue weighted by atomic mass is 28.4. The van der Waals surface area contributed by atoms with Crippen molar-refractivity contribution in [3.8, 4) is 0 Å². The van der Waals surface area contributed by atoms with Crippen molar-refractivity contribution in [2.24, 2.45) is 9.98 Å². The molecule has 3 aliphatic rings. The molecule has 45 heavy (non-hydrogen) atoms. The molecule has 10 atom stereocenters. The Kier molecular flexibility index (Phi) is 12.4. The second kappa shape index (κ2) is 15.2. The molecule has 0 aromatic heterocycles. The Labute approximate surface area is 263 Å².